The summed E-state index contributed by atoms with van der Waals surface area (Å²) in [7, 11) is 0. The van der Waals surface area contributed by atoms with Crippen molar-refractivity contribution in [2.45, 2.75) is 48.0 Å². The molecule has 6 atom stereocenters. The summed E-state index contributed by atoms with van der Waals surface area (Å²) in [5.74, 6) is 0. The number of thioether (sulfide) groups is 1. The predicted octanol–water partition coefficient (Wildman–Crippen LogP) is 2.65. The molecule has 4 rings (SSSR count). The molecule has 2 N–H and O–H groups in total. The molecule has 6 heteroatoms. The van der Waals surface area contributed by atoms with E-state index >= 15 is 0 Å². The van der Waals surface area contributed by atoms with Crippen LogP contribution in [0.3, 0.4) is 0 Å². The van der Waals surface area contributed by atoms with E-state index in [4.69, 9.17) is 14.2 Å². The smallest absolute Gasteiger partial charge is 0.184 e. The van der Waals surface area contributed by atoms with Crippen LogP contribution in [-0.4, -0.2) is 46.7 Å². The van der Waals surface area contributed by atoms with Gasteiger partial charge in [-0.3, -0.25) is 0 Å². The lowest BCUT2D eigenvalue weighted by atomic mass is 9.99. The Kier molecular flexibility index (Phi) is 5.31. The van der Waals surface area contributed by atoms with Crippen molar-refractivity contribution in [2.24, 2.45) is 0 Å². The van der Waals surface area contributed by atoms with E-state index in [0.717, 1.165) is 10.5 Å². The summed E-state index contributed by atoms with van der Waals surface area (Å²) in [5.41, 5.74) is 1.47. The second-order valence-electron chi connectivity index (χ2n) is 6.63. The minimum absolute atomic E-state index is 0.305. The van der Waals surface area contributed by atoms with Gasteiger partial charge < -0.3 is 24.4 Å². The molecule has 0 aromatic heterocycles. The fraction of sp³-hybridized carbons (Fsp3) is 0.400. The maximum atomic E-state index is 10.6. The van der Waals surface area contributed by atoms with E-state index in [1.807, 2.05) is 61.5 Å². The number of aliphatic hydroxyl groups excluding tert-OH is 2. The van der Waals surface area contributed by atoms with E-state index in [1.54, 1.807) is 0 Å². The second-order valence-corrected chi connectivity index (χ2v) is 7.80. The highest BCUT2D eigenvalue weighted by atomic mass is 32.2. The summed E-state index contributed by atoms with van der Waals surface area (Å²) >= 11 is 1.39. The van der Waals surface area contributed by atoms with Gasteiger partial charge in [-0.15, -0.1) is 0 Å². The zero-order chi connectivity index (χ0) is 18.1. The maximum absolute atomic E-state index is 10.6. The molecule has 138 valence electrons. The predicted molar refractivity (Wildman–Crippen MR) is 97.7 cm³/mol. The van der Waals surface area contributed by atoms with E-state index in [0.29, 0.717) is 6.61 Å². The molecule has 26 heavy (non-hydrogen) atoms. The Morgan fingerprint density at radius 2 is 1.65 bits per heavy atom. The molecule has 2 fully saturated rings. The number of fused-ring (bicyclic) bond motifs is 1. The average molecular weight is 374 g/mol. The molecule has 2 heterocycles. The zero-order valence-corrected chi connectivity index (χ0v) is 15.2. The summed E-state index contributed by atoms with van der Waals surface area (Å²) in [4.78, 5) is 0.977. The molecule has 5 nitrogen and oxygen atoms in total. The van der Waals surface area contributed by atoms with Crippen molar-refractivity contribution in [3.63, 3.8) is 0 Å². The Bertz CT molecular complexity index is 721. The Morgan fingerprint density at radius 1 is 0.923 bits per heavy atom. The van der Waals surface area contributed by atoms with Gasteiger partial charge in [0, 0.05) is 10.5 Å². The molecule has 2 aliphatic heterocycles. The third-order valence-electron chi connectivity index (χ3n) is 4.68. The monoisotopic (exact) mass is 374 g/mol. The normalized spacial score (nSPS) is 34.3. The number of aryl methyl sites for hydroxylation is 1. The van der Waals surface area contributed by atoms with Crippen LogP contribution in [0.25, 0.3) is 0 Å². The Hall–Kier alpha value is -1.41. The summed E-state index contributed by atoms with van der Waals surface area (Å²) in [5, 5.41) is 21.1. The van der Waals surface area contributed by atoms with Gasteiger partial charge in [0.2, 0.25) is 0 Å². The molecule has 0 spiro atoms. The van der Waals surface area contributed by atoms with Gasteiger partial charge in [-0.2, -0.15) is 0 Å². The van der Waals surface area contributed by atoms with E-state index in [9.17, 15) is 10.2 Å². The molecular weight excluding hydrogens is 352 g/mol. The second kappa shape index (κ2) is 7.68. The number of benzene rings is 2. The molecule has 2 aromatic rings. The van der Waals surface area contributed by atoms with Crippen LogP contribution in [0.1, 0.15) is 17.4 Å². The number of hydrogen-bond donors (Lipinski definition) is 2. The van der Waals surface area contributed by atoms with E-state index in [-0.39, 0.29) is 0 Å². The molecular formula is C20H22O5S. The van der Waals surface area contributed by atoms with Gasteiger partial charge in [0.15, 0.2) is 6.29 Å². The Morgan fingerprint density at radius 3 is 2.38 bits per heavy atom. The minimum atomic E-state index is -1.04. The first-order valence-electron chi connectivity index (χ1n) is 8.69. The fourth-order valence-corrected chi connectivity index (χ4v) is 4.27. The van der Waals surface area contributed by atoms with E-state index < -0.39 is 36.1 Å². The van der Waals surface area contributed by atoms with Gasteiger partial charge in [0.1, 0.15) is 29.9 Å². The van der Waals surface area contributed by atoms with E-state index in [2.05, 4.69) is 0 Å². The lowest BCUT2D eigenvalue weighted by Crippen LogP contribution is -2.60. The van der Waals surface area contributed by atoms with Gasteiger partial charge in [-0.1, -0.05) is 59.8 Å². The molecule has 0 bridgehead atoms. The van der Waals surface area contributed by atoms with Crippen molar-refractivity contribution in [2.75, 3.05) is 6.61 Å². The highest BCUT2D eigenvalue weighted by Crippen LogP contribution is 2.38. The van der Waals surface area contributed by atoms with Crippen LogP contribution in [0, 0.1) is 6.92 Å². The highest BCUT2D eigenvalue weighted by Gasteiger charge is 2.49. The van der Waals surface area contributed by atoms with Crippen molar-refractivity contribution in [3.8, 4) is 0 Å². The lowest BCUT2D eigenvalue weighted by molar-refractivity contribution is -0.318. The van der Waals surface area contributed by atoms with Crippen molar-refractivity contribution in [1.29, 1.82) is 0 Å². The molecule has 0 saturated carbocycles. The minimum Gasteiger partial charge on any atom is -0.387 e. The molecule has 0 aliphatic carbocycles. The van der Waals surface area contributed by atoms with Crippen LogP contribution in [0.2, 0.25) is 0 Å². The summed E-state index contributed by atoms with van der Waals surface area (Å²) in [6.07, 6.45) is -3.69. The topological polar surface area (TPSA) is 68.2 Å². The van der Waals surface area contributed by atoms with Crippen molar-refractivity contribution >= 4 is 11.8 Å². The quantitative estimate of drug-likeness (QED) is 0.861. The van der Waals surface area contributed by atoms with Crippen LogP contribution >= 0.6 is 11.8 Å². The average Bonchev–Trinajstić information content (AvgIpc) is 2.68. The molecule has 2 aromatic carbocycles. The first kappa shape index (κ1) is 18.0. The van der Waals surface area contributed by atoms with Gasteiger partial charge in [-0.25, -0.2) is 0 Å². The summed E-state index contributed by atoms with van der Waals surface area (Å²) in [6.45, 7) is 2.33. The molecule has 2 aliphatic rings. The van der Waals surface area contributed by atoms with Gasteiger partial charge in [-0.05, 0) is 19.1 Å². The van der Waals surface area contributed by atoms with Crippen molar-refractivity contribution in [3.05, 3.63) is 65.7 Å². The first-order valence-corrected chi connectivity index (χ1v) is 9.57. The third kappa shape index (κ3) is 3.67. The maximum Gasteiger partial charge on any atom is 0.184 e. The van der Waals surface area contributed by atoms with Crippen LogP contribution in [0.15, 0.2) is 59.5 Å². The van der Waals surface area contributed by atoms with Crippen LogP contribution in [-0.2, 0) is 14.2 Å². The molecule has 0 amide bonds. The highest BCUT2D eigenvalue weighted by molar-refractivity contribution is 7.99. The zero-order valence-electron chi connectivity index (χ0n) is 14.4. The number of rotatable bonds is 3. The van der Waals surface area contributed by atoms with Crippen LogP contribution in [0.4, 0.5) is 0 Å². The Labute approximate surface area is 156 Å². The number of ether oxygens (including phenoxy) is 3. The first-order chi connectivity index (χ1) is 12.6. The van der Waals surface area contributed by atoms with Crippen LogP contribution < -0.4 is 0 Å². The van der Waals surface area contributed by atoms with Gasteiger partial charge in [0.25, 0.3) is 0 Å². The van der Waals surface area contributed by atoms with Crippen molar-refractivity contribution < 1.29 is 24.4 Å². The standard InChI is InChI=1S/C20H22O5S/c1-12-7-9-14(10-8-12)26-20-17(22)16(21)18-15(24-20)11-23-19(25-18)13-5-3-2-4-6-13/h2-10,15-22H,11H2,1H3/t15-,16-,17+,18-,19?,20-/m1/s1. The number of hydrogen-bond acceptors (Lipinski definition) is 6. The Balaban J connectivity index is 1.45. The van der Waals surface area contributed by atoms with Crippen LogP contribution in [0.5, 0.6) is 0 Å². The summed E-state index contributed by atoms with van der Waals surface area (Å²) < 4.78 is 17.7. The lowest BCUT2D eigenvalue weighted by Gasteiger charge is -2.46. The molecule has 0 radical (unpaired) electrons. The largest absolute Gasteiger partial charge is 0.387 e. The van der Waals surface area contributed by atoms with Gasteiger partial charge in [0.05, 0.1) is 6.61 Å². The third-order valence-corrected chi connectivity index (χ3v) is 5.84. The molecule has 1 unspecified atom stereocenters. The van der Waals surface area contributed by atoms with Gasteiger partial charge >= 0.3 is 0 Å². The van der Waals surface area contributed by atoms with Crippen molar-refractivity contribution in [1.82, 2.24) is 0 Å². The number of aliphatic hydroxyl groups is 2. The van der Waals surface area contributed by atoms with E-state index in [1.165, 1.54) is 17.3 Å². The SMILES string of the molecule is Cc1ccc(S[C@H]2O[C@@H]3COC(c4ccccc4)O[C@H]3[C@H](O)[C@@H]2O)cc1. The summed E-state index contributed by atoms with van der Waals surface area (Å²) in [6, 6.07) is 17.5. The molecule has 2 saturated heterocycles. The fourth-order valence-electron chi connectivity index (χ4n) is 3.21.